The van der Waals surface area contributed by atoms with Gasteiger partial charge in [-0.25, -0.2) is 0 Å². The van der Waals surface area contributed by atoms with Crippen molar-refractivity contribution in [3.63, 3.8) is 0 Å². The molecule has 3 saturated heterocycles. The molecule has 0 aromatic carbocycles. The lowest BCUT2D eigenvalue weighted by Gasteiger charge is -2.47. The second kappa shape index (κ2) is 6.22. The van der Waals surface area contributed by atoms with Gasteiger partial charge in [-0.05, 0) is 26.2 Å². The number of nitrogens with zero attached hydrogens (tertiary/aromatic N) is 4. The maximum Gasteiger partial charge on any atom is 0.248 e. The zero-order valence-electron chi connectivity index (χ0n) is 13.4. The first-order chi connectivity index (χ1) is 11.1. The van der Waals surface area contributed by atoms with Crippen LogP contribution in [-0.2, 0) is 9.53 Å². The zero-order chi connectivity index (χ0) is 15.9. The second-order valence-corrected chi connectivity index (χ2v) is 9.33. The highest BCUT2D eigenvalue weighted by atomic mass is 32.2. The van der Waals surface area contributed by atoms with E-state index >= 15 is 0 Å². The van der Waals surface area contributed by atoms with E-state index in [0.717, 1.165) is 61.3 Å². The lowest BCUT2D eigenvalue weighted by molar-refractivity contribution is -0.136. The Labute approximate surface area is 144 Å². The topological polar surface area (TPSA) is 58.6 Å². The van der Waals surface area contributed by atoms with Gasteiger partial charge < -0.3 is 14.5 Å². The van der Waals surface area contributed by atoms with Crippen molar-refractivity contribution in [1.29, 1.82) is 0 Å². The van der Waals surface area contributed by atoms with Gasteiger partial charge in [-0.2, -0.15) is 0 Å². The molecule has 126 valence electrons. The van der Waals surface area contributed by atoms with Gasteiger partial charge in [0.2, 0.25) is 11.0 Å². The number of thioether (sulfide) groups is 1. The molecule has 1 aromatic heterocycles. The van der Waals surface area contributed by atoms with Gasteiger partial charge in [-0.1, -0.05) is 11.3 Å². The van der Waals surface area contributed by atoms with Crippen molar-refractivity contribution in [2.75, 3.05) is 43.4 Å². The maximum atomic E-state index is 12.1. The van der Waals surface area contributed by atoms with E-state index in [2.05, 4.69) is 15.1 Å². The molecule has 3 aliphatic rings. The number of hydrogen-bond acceptors (Lipinski definition) is 7. The highest BCUT2D eigenvalue weighted by Crippen LogP contribution is 2.47. The van der Waals surface area contributed by atoms with Crippen molar-refractivity contribution >= 4 is 34.1 Å². The molecule has 0 radical (unpaired) electrons. The van der Waals surface area contributed by atoms with Gasteiger partial charge in [-0.15, -0.1) is 22.0 Å². The summed E-state index contributed by atoms with van der Waals surface area (Å²) >= 11 is 3.65. The maximum absolute atomic E-state index is 12.1. The average Bonchev–Trinajstić information content (AvgIpc) is 3.23. The highest BCUT2D eigenvalue weighted by molar-refractivity contribution is 8.01. The van der Waals surface area contributed by atoms with E-state index < -0.39 is 0 Å². The van der Waals surface area contributed by atoms with E-state index in [0.29, 0.717) is 4.75 Å². The van der Waals surface area contributed by atoms with Gasteiger partial charge in [0.05, 0.1) is 10.9 Å². The van der Waals surface area contributed by atoms with E-state index in [4.69, 9.17) is 4.74 Å². The van der Waals surface area contributed by atoms with Crippen LogP contribution in [0.25, 0.3) is 0 Å². The number of carbonyl (C=O) groups excluding carboxylic acids is 1. The molecule has 1 atom stereocenters. The lowest BCUT2D eigenvalue weighted by atomic mass is 9.93. The zero-order valence-corrected chi connectivity index (χ0v) is 15.0. The Morgan fingerprint density at radius 1 is 1.35 bits per heavy atom. The lowest BCUT2D eigenvalue weighted by Crippen LogP contribution is -2.59. The van der Waals surface area contributed by atoms with Crippen molar-refractivity contribution in [2.45, 2.75) is 37.0 Å². The Kier molecular flexibility index (Phi) is 4.23. The van der Waals surface area contributed by atoms with Crippen LogP contribution in [0.2, 0.25) is 0 Å². The smallest absolute Gasteiger partial charge is 0.248 e. The number of anilines is 1. The summed E-state index contributed by atoms with van der Waals surface area (Å²) in [6.45, 7) is 6.09. The largest absolute Gasteiger partial charge is 0.367 e. The molecule has 0 unspecified atom stereocenters. The molecular formula is C15H22N4O2S2. The third-order valence-corrected chi connectivity index (χ3v) is 7.30. The molecular weight excluding hydrogens is 332 g/mol. The summed E-state index contributed by atoms with van der Waals surface area (Å²) in [7, 11) is 0. The van der Waals surface area contributed by atoms with E-state index in [1.807, 2.05) is 23.6 Å². The summed E-state index contributed by atoms with van der Waals surface area (Å²) in [5.41, 5.74) is 0. The van der Waals surface area contributed by atoms with Gasteiger partial charge in [0.15, 0.2) is 0 Å². The summed E-state index contributed by atoms with van der Waals surface area (Å²) in [6.07, 6.45) is 3.52. The first-order valence-corrected chi connectivity index (χ1v) is 10.0. The van der Waals surface area contributed by atoms with Crippen molar-refractivity contribution in [3.05, 3.63) is 5.01 Å². The first-order valence-electron chi connectivity index (χ1n) is 8.22. The summed E-state index contributed by atoms with van der Waals surface area (Å²) in [6, 6.07) is 0. The van der Waals surface area contributed by atoms with E-state index in [-0.39, 0.29) is 18.6 Å². The Bertz CT molecular complexity index is 582. The number of hydrogen-bond donors (Lipinski definition) is 0. The molecule has 23 heavy (non-hydrogen) atoms. The summed E-state index contributed by atoms with van der Waals surface area (Å²) < 4.78 is 6.19. The Hall–Kier alpha value is -0.860. The molecule has 0 bridgehead atoms. The molecule has 4 rings (SSSR count). The molecule has 1 spiro atoms. The fraction of sp³-hybridized carbons (Fsp3) is 0.800. The number of carbonyl (C=O) groups is 1. The van der Waals surface area contributed by atoms with Gasteiger partial charge in [0.25, 0.3) is 0 Å². The van der Waals surface area contributed by atoms with Gasteiger partial charge in [0.1, 0.15) is 11.6 Å². The van der Waals surface area contributed by atoms with Gasteiger partial charge >= 0.3 is 0 Å². The molecule has 3 fully saturated rings. The Balaban J connectivity index is 1.23. The summed E-state index contributed by atoms with van der Waals surface area (Å²) in [5.74, 6) is 1.16. The number of aromatic nitrogens is 2. The Morgan fingerprint density at radius 2 is 2.13 bits per heavy atom. The molecule has 1 amide bonds. The van der Waals surface area contributed by atoms with Crippen LogP contribution in [-0.4, -0.2) is 70.4 Å². The van der Waals surface area contributed by atoms with Crippen molar-refractivity contribution in [3.8, 4) is 0 Å². The monoisotopic (exact) mass is 354 g/mol. The van der Waals surface area contributed by atoms with E-state index in [1.165, 1.54) is 0 Å². The minimum atomic E-state index is 0.160. The van der Waals surface area contributed by atoms with Crippen molar-refractivity contribution in [1.82, 2.24) is 15.1 Å². The van der Waals surface area contributed by atoms with Crippen molar-refractivity contribution < 1.29 is 9.53 Å². The van der Waals surface area contributed by atoms with Crippen LogP contribution in [0.3, 0.4) is 0 Å². The van der Waals surface area contributed by atoms with Crippen LogP contribution >= 0.6 is 23.1 Å². The normalized spacial score (nSPS) is 26.0. The third-order valence-electron chi connectivity index (χ3n) is 4.82. The van der Waals surface area contributed by atoms with Crippen LogP contribution in [0.1, 0.15) is 24.3 Å². The van der Waals surface area contributed by atoms with Crippen LogP contribution in [0.5, 0.6) is 0 Å². The minimum absolute atomic E-state index is 0.160. The average molecular weight is 355 g/mol. The fourth-order valence-corrected chi connectivity index (χ4v) is 5.81. The van der Waals surface area contributed by atoms with Gasteiger partial charge in [0, 0.05) is 31.9 Å². The number of aryl methyl sites for hydroxylation is 1. The summed E-state index contributed by atoms with van der Waals surface area (Å²) in [5, 5.41) is 10.4. The van der Waals surface area contributed by atoms with Crippen LogP contribution in [0.15, 0.2) is 0 Å². The number of likely N-dealkylation sites (tertiary alicyclic amines) is 1. The summed E-state index contributed by atoms with van der Waals surface area (Å²) in [4.78, 5) is 16.3. The third kappa shape index (κ3) is 3.21. The van der Waals surface area contributed by atoms with Crippen LogP contribution in [0, 0.1) is 6.92 Å². The highest BCUT2D eigenvalue weighted by Gasteiger charge is 2.50. The standard InChI is InChI=1S/C15H22N4O2S2/c1-11-16-17-14(23-11)19-9-15(10-19)6-12(8-22-15)21-7-13(20)18-4-2-3-5-18/h12H,2-10H2,1H3/t12-/m0/s1. The molecule has 0 saturated carbocycles. The van der Waals surface area contributed by atoms with E-state index in [1.54, 1.807) is 11.3 Å². The molecule has 4 heterocycles. The van der Waals surface area contributed by atoms with Crippen LogP contribution < -0.4 is 4.90 Å². The molecule has 0 N–H and O–H groups in total. The molecule has 6 nitrogen and oxygen atoms in total. The van der Waals surface area contributed by atoms with E-state index in [9.17, 15) is 4.79 Å². The number of rotatable bonds is 4. The SMILES string of the molecule is Cc1nnc(N2CC3(C[C@H](OCC(=O)N4CCCC4)CS3)C2)s1. The van der Waals surface area contributed by atoms with Crippen LogP contribution in [0.4, 0.5) is 5.13 Å². The number of amides is 1. The molecule has 0 aliphatic carbocycles. The van der Waals surface area contributed by atoms with Crippen molar-refractivity contribution in [2.24, 2.45) is 0 Å². The minimum Gasteiger partial charge on any atom is -0.367 e. The predicted octanol–water partition coefficient (Wildman–Crippen LogP) is 1.55. The predicted molar refractivity (Wildman–Crippen MR) is 92.2 cm³/mol. The molecule has 3 aliphatic heterocycles. The second-order valence-electron chi connectivity index (χ2n) is 6.68. The Morgan fingerprint density at radius 3 is 2.83 bits per heavy atom. The molecule has 1 aromatic rings. The number of ether oxygens (including phenoxy) is 1. The molecule has 8 heteroatoms. The van der Waals surface area contributed by atoms with Gasteiger partial charge in [-0.3, -0.25) is 4.79 Å². The fourth-order valence-electron chi connectivity index (χ4n) is 3.58. The first kappa shape index (κ1) is 15.7. The quantitative estimate of drug-likeness (QED) is 0.818.